The summed E-state index contributed by atoms with van der Waals surface area (Å²) in [5, 5.41) is 14.7. The van der Waals surface area contributed by atoms with Crippen molar-refractivity contribution in [3.05, 3.63) is 18.0 Å². The summed E-state index contributed by atoms with van der Waals surface area (Å²) in [6, 6.07) is -0.332. The number of carboxylic acid groups (broad SMARTS) is 1. The highest BCUT2D eigenvalue weighted by atomic mass is 19.4. The molecule has 0 bridgehead atoms. The third kappa shape index (κ3) is 6.70. The minimum atomic E-state index is -4.59. The van der Waals surface area contributed by atoms with Gasteiger partial charge in [0.15, 0.2) is 5.69 Å². The van der Waals surface area contributed by atoms with Gasteiger partial charge in [0.25, 0.3) is 0 Å². The molecule has 9 heteroatoms. The van der Waals surface area contributed by atoms with Gasteiger partial charge in [-0.2, -0.15) is 18.3 Å². The molecule has 1 heterocycles. The van der Waals surface area contributed by atoms with Crippen LogP contribution in [0.4, 0.5) is 13.2 Å². The molecule has 1 aromatic heterocycles. The van der Waals surface area contributed by atoms with Crippen LogP contribution in [0.25, 0.3) is 0 Å². The van der Waals surface area contributed by atoms with Gasteiger partial charge in [-0.25, -0.2) is 4.79 Å². The summed E-state index contributed by atoms with van der Waals surface area (Å²) in [6.07, 6.45) is -2.76. The van der Waals surface area contributed by atoms with E-state index >= 15 is 0 Å². The van der Waals surface area contributed by atoms with E-state index in [-0.39, 0.29) is 11.8 Å². The lowest BCUT2D eigenvalue weighted by Gasteiger charge is -2.21. The van der Waals surface area contributed by atoms with Crippen molar-refractivity contribution in [1.29, 1.82) is 0 Å². The second kappa shape index (κ2) is 7.01. The maximum Gasteiger partial charge on any atom is 0.435 e. The number of amides is 1. The Labute approximate surface area is 131 Å². The molecule has 0 aliphatic carbocycles. The lowest BCUT2D eigenvalue weighted by atomic mass is 9.88. The summed E-state index contributed by atoms with van der Waals surface area (Å²) in [4.78, 5) is 22.9. The van der Waals surface area contributed by atoms with Gasteiger partial charge in [0.2, 0.25) is 5.91 Å². The summed E-state index contributed by atoms with van der Waals surface area (Å²) < 4.78 is 38.1. The summed E-state index contributed by atoms with van der Waals surface area (Å²) in [5.41, 5.74) is -1.20. The number of halogens is 3. The van der Waals surface area contributed by atoms with E-state index in [1.54, 1.807) is 0 Å². The van der Waals surface area contributed by atoms with Crippen molar-refractivity contribution in [2.24, 2.45) is 5.41 Å². The first-order chi connectivity index (χ1) is 10.4. The average molecular weight is 335 g/mol. The lowest BCUT2D eigenvalue weighted by Crippen LogP contribution is -2.42. The predicted octanol–water partition coefficient (Wildman–Crippen LogP) is 2.30. The highest BCUT2D eigenvalue weighted by Crippen LogP contribution is 2.27. The molecular weight excluding hydrogens is 315 g/mol. The number of hydrogen-bond donors (Lipinski definition) is 2. The molecule has 0 aliphatic heterocycles. The lowest BCUT2D eigenvalue weighted by molar-refractivity contribution is -0.142. The number of alkyl halides is 3. The molecule has 1 amide bonds. The smallest absolute Gasteiger partial charge is 0.435 e. The van der Waals surface area contributed by atoms with Crippen molar-refractivity contribution in [2.45, 2.75) is 52.4 Å². The van der Waals surface area contributed by atoms with Gasteiger partial charge in [0.1, 0.15) is 12.6 Å². The fourth-order valence-corrected chi connectivity index (χ4v) is 1.82. The molecule has 1 aromatic rings. The van der Waals surface area contributed by atoms with Crippen LogP contribution >= 0.6 is 0 Å². The molecule has 2 N–H and O–H groups in total. The highest BCUT2D eigenvalue weighted by molar-refractivity contribution is 5.83. The average Bonchev–Trinajstić information content (AvgIpc) is 2.81. The van der Waals surface area contributed by atoms with Gasteiger partial charge in [-0.15, -0.1) is 0 Å². The predicted molar refractivity (Wildman–Crippen MR) is 75.5 cm³/mol. The number of aliphatic carboxylic acids is 1. The molecule has 0 aliphatic rings. The molecule has 130 valence electrons. The van der Waals surface area contributed by atoms with Gasteiger partial charge in [0, 0.05) is 6.20 Å². The quantitative estimate of drug-likeness (QED) is 0.835. The molecule has 1 atom stereocenters. The maximum atomic E-state index is 12.4. The number of nitrogens with one attached hydrogen (secondary N) is 1. The van der Waals surface area contributed by atoms with Crippen LogP contribution in [-0.2, 0) is 22.3 Å². The molecule has 6 nitrogen and oxygen atoms in total. The molecule has 0 fully saturated rings. The molecule has 0 spiro atoms. The Kier molecular flexibility index (Phi) is 5.79. The third-order valence-corrected chi connectivity index (χ3v) is 3.05. The van der Waals surface area contributed by atoms with Crippen LogP contribution < -0.4 is 5.32 Å². The topological polar surface area (TPSA) is 84.2 Å². The number of aromatic nitrogens is 2. The number of carbonyl (C=O) groups excluding carboxylic acids is 1. The Balaban J connectivity index is 2.62. The number of carboxylic acids is 1. The number of hydrogen-bond acceptors (Lipinski definition) is 3. The van der Waals surface area contributed by atoms with Crippen molar-refractivity contribution in [1.82, 2.24) is 15.1 Å². The van der Waals surface area contributed by atoms with Crippen LogP contribution in [0.15, 0.2) is 12.3 Å². The van der Waals surface area contributed by atoms with E-state index in [0.29, 0.717) is 6.42 Å². The highest BCUT2D eigenvalue weighted by Gasteiger charge is 2.33. The summed E-state index contributed by atoms with van der Waals surface area (Å²) in [7, 11) is 0. The van der Waals surface area contributed by atoms with Crippen LogP contribution in [0.2, 0.25) is 0 Å². The molecule has 0 aromatic carbocycles. The van der Waals surface area contributed by atoms with E-state index in [1.165, 1.54) is 0 Å². The zero-order chi connectivity index (χ0) is 17.8. The van der Waals surface area contributed by atoms with Gasteiger partial charge in [-0.1, -0.05) is 20.8 Å². The minimum Gasteiger partial charge on any atom is -0.480 e. The second-order valence-corrected chi connectivity index (χ2v) is 6.45. The van der Waals surface area contributed by atoms with Gasteiger partial charge in [-0.3, -0.25) is 9.48 Å². The fraction of sp³-hybridized carbons (Fsp3) is 0.643. The van der Waals surface area contributed by atoms with E-state index in [2.05, 4.69) is 10.4 Å². The first-order valence-corrected chi connectivity index (χ1v) is 7.01. The van der Waals surface area contributed by atoms with Crippen molar-refractivity contribution < 1.29 is 27.9 Å². The summed E-state index contributed by atoms with van der Waals surface area (Å²) in [6.45, 7) is 5.35. The third-order valence-electron chi connectivity index (χ3n) is 3.05. The van der Waals surface area contributed by atoms with Crippen LogP contribution in [0.1, 0.15) is 39.3 Å². The van der Waals surface area contributed by atoms with Crippen molar-refractivity contribution >= 4 is 11.9 Å². The Morgan fingerprint density at radius 3 is 2.39 bits per heavy atom. The van der Waals surface area contributed by atoms with E-state index < -0.39 is 36.3 Å². The standard InChI is InChI=1S/C14H20F3N3O3/c1-13(2,3)6-4-9(12(22)23)18-11(21)8-20-7-5-10(19-20)14(15,16)17/h5,7,9H,4,6,8H2,1-3H3,(H,18,21)(H,22,23). The van der Waals surface area contributed by atoms with Gasteiger partial charge < -0.3 is 10.4 Å². The molecule has 0 radical (unpaired) electrons. The van der Waals surface area contributed by atoms with Crippen LogP contribution in [0.3, 0.4) is 0 Å². The molecule has 0 saturated heterocycles. The largest absolute Gasteiger partial charge is 0.480 e. The van der Waals surface area contributed by atoms with E-state index in [0.717, 1.165) is 16.9 Å². The van der Waals surface area contributed by atoms with Crippen LogP contribution in [0.5, 0.6) is 0 Å². The van der Waals surface area contributed by atoms with Crippen molar-refractivity contribution in [3.8, 4) is 0 Å². The normalized spacial score (nSPS) is 13.7. The van der Waals surface area contributed by atoms with Crippen LogP contribution in [-0.4, -0.2) is 32.8 Å². The zero-order valence-corrected chi connectivity index (χ0v) is 13.1. The van der Waals surface area contributed by atoms with E-state index in [1.807, 2.05) is 20.8 Å². The molecule has 23 heavy (non-hydrogen) atoms. The van der Waals surface area contributed by atoms with Crippen LogP contribution in [0, 0.1) is 5.41 Å². The Morgan fingerprint density at radius 2 is 1.96 bits per heavy atom. The number of carbonyl (C=O) groups is 2. The van der Waals surface area contributed by atoms with Gasteiger partial charge >= 0.3 is 12.1 Å². The summed E-state index contributed by atoms with van der Waals surface area (Å²) >= 11 is 0. The Hall–Kier alpha value is -2.06. The van der Waals surface area contributed by atoms with Crippen molar-refractivity contribution in [3.63, 3.8) is 0 Å². The summed E-state index contributed by atoms with van der Waals surface area (Å²) in [5.74, 6) is -1.89. The van der Waals surface area contributed by atoms with Gasteiger partial charge in [-0.05, 0) is 24.3 Å². The fourth-order valence-electron chi connectivity index (χ4n) is 1.82. The zero-order valence-electron chi connectivity index (χ0n) is 13.1. The first kappa shape index (κ1) is 19.0. The minimum absolute atomic E-state index is 0.0952. The number of nitrogens with zero attached hydrogens (tertiary/aromatic N) is 2. The monoisotopic (exact) mass is 335 g/mol. The Bertz CT molecular complexity index is 562. The molecule has 0 saturated carbocycles. The van der Waals surface area contributed by atoms with E-state index in [9.17, 15) is 22.8 Å². The second-order valence-electron chi connectivity index (χ2n) is 6.45. The molecule has 1 unspecified atom stereocenters. The maximum absolute atomic E-state index is 12.4. The van der Waals surface area contributed by atoms with E-state index in [4.69, 9.17) is 5.11 Å². The molecule has 1 rings (SSSR count). The Morgan fingerprint density at radius 1 is 1.35 bits per heavy atom. The number of rotatable bonds is 6. The molecular formula is C14H20F3N3O3. The van der Waals surface area contributed by atoms with Crippen molar-refractivity contribution in [2.75, 3.05) is 0 Å². The van der Waals surface area contributed by atoms with Gasteiger partial charge in [0.05, 0.1) is 0 Å². The first-order valence-electron chi connectivity index (χ1n) is 7.01. The SMILES string of the molecule is CC(C)(C)CCC(NC(=O)Cn1ccc(C(F)(F)F)n1)C(=O)O.